The van der Waals surface area contributed by atoms with Crippen molar-refractivity contribution >= 4 is 40.2 Å². The number of carbonyl (C=O) groups excluding carboxylic acids is 1. The number of hydrogen-bond acceptors (Lipinski definition) is 3. The molecule has 0 radical (unpaired) electrons. The van der Waals surface area contributed by atoms with Gasteiger partial charge in [0.2, 0.25) is 0 Å². The minimum Gasteiger partial charge on any atom is -0.349 e. The molecule has 2 aromatic carbocycles. The molecule has 0 bridgehead atoms. The van der Waals surface area contributed by atoms with Crippen molar-refractivity contribution in [2.75, 3.05) is 16.8 Å². The van der Waals surface area contributed by atoms with Crippen LogP contribution in [0.5, 0.6) is 0 Å². The monoisotopic (exact) mass is 368 g/mol. The van der Waals surface area contributed by atoms with Crippen molar-refractivity contribution in [1.82, 2.24) is 0 Å². The summed E-state index contributed by atoms with van der Waals surface area (Å²) in [6, 6.07) is 19.4. The third-order valence-corrected chi connectivity index (χ3v) is 5.83. The number of thiophene rings is 1. The van der Waals surface area contributed by atoms with Crippen molar-refractivity contribution in [2.45, 2.75) is 13.1 Å². The summed E-state index contributed by atoms with van der Waals surface area (Å²) >= 11 is 8.15. The van der Waals surface area contributed by atoms with Gasteiger partial charge in [-0.1, -0.05) is 35.9 Å². The minimum atomic E-state index is -0.221. The normalized spacial score (nSPS) is 16.9. The number of fused-ring (bicyclic) bond motifs is 1. The highest BCUT2D eigenvalue weighted by molar-refractivity contribution is 7.12. The third-order valence-electron chi connectivity index (χ3n) is 4.47. The lowest BCUT2D eigenvalue weighted by atomic mass is 10.0. The van der Waals surface area contributed by atoms with E-state index in [1.807, 2.05) is 55.6 Å². The van der Waals surface area contributed by atoms with E-state index in [9.17, 15) is 4.79 Å². The highest BCUT2D eigenvalue weighted by Crippen LogP contribution is 2.43. The Morgan fingerprint density at radius 3 is 2.32 bits per heavy atom. The second kappa shape index (κ2) is 6.21. The predicted molar refractivity (Wildman–Crippen MR) is 105 cm³/mol. The van der Waals surface area contributed by atoms with Crippen LogP contribution in [0.2, 0.25) is 5.02 Å². The first-order chi connectivity index (χ1) is 12.1. The highest BCUT2D eigenvalue weighted by Gasteiger charge is 2.39. The lowest BCUT2D eigenvalue weighted by Gasteiger charge is -2.43. The van der Waals surface area contributed by atoms with Gasteiger partial charge in [0.05, 0.1) is 22.0 Å². The molecular weight excluding hydrogens is 352 g/mol. The van der Waals surface area contributed by atoms with Gasteiger partial charge in [0.1, 0.15) is 6.17 Å². The van der Waals surface area contributed by atoms with Crippen LogP contribution in [0.25, 0.3) is 0 Å². The number of benzene rings is 2. The predicted octanol–water partition coefficient (Wildman–Crippen LogP) is 5.51. The molecule has 0 N–H and O–H groups in total. The molecule has 1 atom stereocenters. The molecule has 1 aliphatic heterocycles. The van der Waals surface area contributed by atoms with Gasteiger partial charge >= 0.3 is 0 Å². The third kappa shape index (κ3) is 2.62. The first kappa shape index (κ1) is 16.2. The zero-order valence-corrected chi connectivity index (χ0v) is 15.5. The highest BCUT2D eigenvalue weighted by atomic mass is 35.5. The Balaban J connectivity index is 1.95. The van der Waals surface area contributed by atoms with E-state index < -0.39 is 0 Å². The molecule has 1 amide bonds. The molecule has 4 rings (SSSR count). The van der Waals surface area contributed by atoms with Gasteiger partial charge in [-0.25, -0.2) is 0 Å². The van der Waals surface area contributed by atoms with Crippen LogP contribution in [0.4, 0.5) is 11.4 Å². The molecule has 126 valence electrons. The molecule has 1 unspecified atom stereocenters. The molecule has 3 aromatic rings. The standard InChI is InChI=1S/C20H17ClN2OS/c1-13-11-12-18(25-13)19-22(2)16-9-5-3-7-14(16)20(24)23(19)17-10-6-4-8-15(17)21/h3-12,19H,1-2H3. The Labute approximate surface area is 156 Å². The summed E-state index contributed by atoms with van der Waals surface area (Å²) in [5, 5.41) is 0.571. The van der Waals surface area contributed by atoms with E-state index in [1.54, 1.807) is 16.2 Å². The van der Waals surface area contributed by atoms with E-state index in [-0.39, 0.29) is 12.1 Å². The first-order valence-electron chi connectivity index (χ1n) is 8.04. The average molecular weight is 369 g/mol. The van der Waals surface area contributed by atoms with Crippen LogP contribution in [0.3, 0.4) is 0 Å². The van der Waals surface area contributed by atoms with E-state index in [0.29, 0.717) is 10.6 Å². The molecule has 2 heterocycles. The molecular formula is C20H17ClN2OS. The fourth-order valence-electron chi connectivity index (χ4n) is 3.31. The van der Waals surface area contributed by atoms with Crippen LogP contribution in [0, 0.1) is 6.92 Å². The number of amides is 1. The maximum atomic E-state index is 13.4. The summed E-state index contributed by atoms with van der Waals surface area (Å²) in [5.41, 5.74) is 2.35. The van der Waals surface area contributed by atoms with Crippen LogP contribution >= 0.6 is 22.9 Å². The fourth-order valence-corrected chi connectivity index (χ4v) is 4.55. The lowest BCUT2D eigenvalue weighted by molar-refractivity contribution is 0.0970. The Bertz CT molecular complexity index is 952. The molecule has 0 saturated carbocycles. The van der Waals surface area contributed by atoms with Crippen molar-refractivity contribution in [2.24, 2.45) is 0 Å². The number of carbonyl (C=O) groups is 1. The smallest absolute Gasteiger partial charge is 0.262 e. The van der Waals surface area contributed by atoms with E-state index in [1.165, 1.54) is 4.88 Å². The van der Waals surface area contributed by atoms with Gasteiger partial charge in [0.15, 0.2) is 0 Å². The number of nitrogens with zero attached hydrogens (tertiary/aromatic N) is 2. The second-order valence-electron chi connectivity index (χ2n) is 6.08. The summed E-state index contributed by atoms with van der Waals surface area (Å²) < 4.78 is 0. The fraction of sp³-hybridized carbons (Fsp3) is 0.150. The average Bonchev–Trinajstić information content (AvgIpc) is 3.04. The van der Waals surface area contributed by atoms with Crippen molar-refractivity contribution in [3.05, 3.63) is 81.0 Å². The Hall–Kier alpha value is -2.30. The van der Waals surface area contributed by atoms with Crippen molar-refractivity contribution in [3.8, 4) is 0 Å². The number of aryl methyl sites for hydroxylation is 1. The van der Waals surface area contributed by atoms with Crippen LogP contribution in [-0.4, -0.2) is 13.0 Å². The number of rotatable bonds is 2. The minimum absolute atomic E-state index is 0.0298. The maximum Gasteiger partial charge on any atom is 0.262 e. The van der Waals surface area contributed by atoms with Gasteiger partial charge in [-0.05, 0) is 43.3 Å². The summed E-state index contributed by atoms with van der Waals surface area (Å²) in [4.78, 5) is 19.6. The molecule has 25 heavy (non-hydrogen) atoms. The lowest BCUT2D eigenvalue weighted by Crippen LogP contribution is -2.48. The van der Waals surface area contributed by atoms with Crippen LogP contribution < -0.4 is 9.80 Å². The Morgan fingerprint density at radius 2 is 1.64 bits per heavy atom. The number of para-hydroxylation sites is 2. The van der Waals surface area contributed by atoms with E-state index in [2.05, 4.69) is 24.0 Å². The van der Waals surface area contributed by atoms with Crippen molar-refractivity contribution in [3.63, 3.8) is 0 Å². The Morgan fingerprint density at radius 1 is 0.960 bits per heavy atom. The quantitative estimate of drug-likeness (QED) is 0.595. The molecule has 0 saturated heterocycles. The van der Waals surface area contributed by atoms with Crippen molar-refractivity contribution < 1.29 is 4.79 Å². The van der Waals surface area contributed by atoms with Gasteiger partial charge in [0, 0.05) is 16.8 Å². The molecule has 1 aromatic heterocycles. The molecule has 3 nitrogen and oxygen atoms in total. The van der Waals surface area contributed by atoms with Crippen LogP contribution in [0.15, 0.2) is 60.7 Å². The van der Waals surface area contributed by atoms with Crippen LogP contribution in [-0.2, 0) is 0 Å². The summed E-state index contributed by atoms with van der Waals surface area (Å²) in [5.74, 6) is -0.0298. The van der Waals surface area contributed by atoms with Crippen LogP contribution in [0.1, 0.15) is 26.3 Å². The molecule has 1 aliphatic rings. The number of halogens is 1. The maximum absolute atomic E-state index is 13.4. The summed E-state index contributed by atoms with van der Waals surface area (Å²) in [7, 11) is 2.02. The number of hydrogen-bond donors (Lipinski definition) is 0. The van der Waals surface area contributed by atoms with Gasteiger partial charge in [-0.3, -0.25) is 9.69 Å². The molecule has 0 fully saturated rings. The zero-order valence-electron chi connectivity index (χ0n) is 13.9. The van der Waals surface area contributed by atoms with Gasteiger partial charge in [-0.2, -0.15) is 0 Å². The number of anilines is 2. The topological polar surface area (TPSA) is 23.6 Å². The van der Waals surface area contributed by atoms with Gasteiger partial charge in [-0.15, -0.1) is 11.3 Å². The van der Waals surface area contributed by atoms with Gasteiger partial charge < -0.3 is 4.90 Å². The second-order valence-corrected chi connectivity index (χ2v) is 7.80. The largest absolute Gasteiger partial charge is 0.349 e. The molecule has 5 heteroatoms. The van der Waals surface area contributed by atoms with Crippen molar-refractivity contribution in [1.29, 1.82) is 0 Å². The zero-order chi connectivity index (χ0) is 17.6. The van der Waals surface area contributed by atoms with Gasteiger partial charge in [0.25, 0.3) is 5.91 Å². The SMILES string of the molecule is Cc1ccc(C2N(C)c3ccccc3C(=O)N2c2ccccc2Cl)s1. The first-order valence-corrected chi connectivity index (χ1v) is 9.23. The van der Waals surface area contributed by atoms with E-state index in [4.69, 9.17) is 11.6 Å². The van der Waals surface area contributed by atoms with E-state index in [0.717, 1.165) is 16.3 Å². The molecule has 0 aliphatic carbocycles. The summed E-state index contributed by atoms with van der Waals surface area (Å²) in [6.07, 6.45) is -0.221. The van der Waals surface area contributed by atoms with E-state index >= 15 is 0 Å². The Kier molecular flexibility index (Phi) is 4.02. The summed E-state index contributed by atoms with van der Waals surface area (Å²) in [6.45, 7) is 2.08. The molecule has 0 spiro atoms.